The van der Waals surface area contributed by atoms with Gasteiger partial charge in [0.15, 0.2) is 0 Å². The quantitative estimate of drug-likeness (QED) is 0.297. The fourth-order valence-electron chi connectivity index (χ4n) is 6.41. The third kappa shape index (κ3) is 7.18. The summed E-state index contributed by atoms with van der Waals surface area (Å²) in [6.07, 6.45) is 11.2. The Kier molecular flexibility index (Phi) is 9.61. The minimum Gasteiger partial charge on any atom is -0.309 e. The van der Waals surface area contributed by atoms with E-state index in [1.165, 1.54) is 88.2 Å². The number of rotatable bonds is 10. The Morgan fingerprint density at radius 3 is 1.86 bits per heavy atom. The van der Waals surface area contributed by atoms with E-state index in [0.717, 1.165) is 17.4 Å². The van der Waals surface area contributed by atoms with Gasteiger partial charge in [-0.15, -0.1) is 0 Å². The van der Waals surface area contributed by atoms with E-state index in [9.17, 15) is 0 Å². The molecule has 0 bridgehead atoms. The summed E-state index contributed by atoms with van der Waals surface area (Å²) in [7, 11) is 0. The Balaban J connectivity index is 1.30. The second-order valence-electron chi connectivity index (χ2n) is 11.7. The van der Waals surface area contributed by atoms with Crippen LogP contribution < -0.4 is 0 Å². The van der Waals surface area contributed by atoms with Crippen molar-refractivity contribution < 1.29 is 13.5 Å². The molecule has 2 aliphatic rings. The van der Waals surface area contributed by atoms with Crippen molar-refractivity contribution in [3.05, 3.63) is 70.8 Å². The summed E-state index contributed by atoms with van der Waals surface area (Å²) in [6.45, 7) is 6.30. The number of alkyl halides is 2. The first-order chi connectivity index (χ1) is 17.4. The third-order valence-corrected chi connectivity index (χ3v) is 9.00. The van der Waals surface area contributed by atoms with Crippen LogP contribution in [-0.2, 0) is 10.8 Å². The molecule has 0 saturated heterocycles. The SMILES string of the molecule is CCCCCC1CCC(c2ccc(C(F)(F)OC(C)c3ccc(C4CCC(C)CC4)cc3)cc2)CC1. The summed E-state index contributed by atoms with van der Waals surface area (Å²) in [5.41, 5.74) is 3.27. The van der Waals surface area contributed by atoms with Gasteiger partial charge >= 0.3 is 6.11 Å². The van der Waals surface area contributed by atoms with Crippen LogP contribution in [0.1, 0.15) is 138 Å². The molecular formula is C33H46F2O. The van der Waals surface area contributed by atoms with Gasteiger partial charge in [-0.1, -0.05) is 101 Å². The van der Waals surface area contributed by atoms with Gasteiger partial charge in [-0.25, -0.2) is 0 Å². The summed E-state index contributed by atoms with van der Waals surface area (Å²) in [6, 6.07) is 15.1. The number of unbranched alkanes of at least 4 members (excludes halogenated alkanes) is 2. The zero-order valence-electron chi connectivity index (χ0n) is 22.7. The van der Waals surface area contributed by atoms with Gasteiger partial charge < -0.3 is 4.74 Å². The first-order valence-corrected chi connectivity index (χ1v) is 14.6. The third-order valence-electron chi connectivity index (χ3n) is 9.00. The Hall–Kier alpha value is -1.74. The van der Waals surface area contributed by atoms with E-state index in [4.69, 9.17) is 4.74 Å². The van der Waals surface area contributed by atoms with Crippen LogP contribution in [0.25, 0.3) is 0 Å². The lowest BCUT2D eigenvalue weighted by atomic mass is 9.77. The molecule has 0 amide bonds. The molecule has 2 saturated carbocycles. The van der Waals surface area contributed by atoms with E-state index >= 15 is 8.78 Å². The van der Waals surface area contributed by atoms with Gasteiger partial charge in [0, 0.05) is 0 Å². The standard InChI is InChI=1S/C33H46F2O/c1-4-5-6-7-26-10-14-29(15-11-26)31-20-22-32(23-21-31)33(34,35)36-25(3)27-16-18-30(19-17-27)28-12-8-24(2)9-13-28/h16-26,28-29H,4-15H2,1-3H3. The summed E-state index contributed by atoms with van der Waals surface area (Å²) < 4.78 is 35.4. The normalized spacial score (nSPS) is 26.0. The Labute approximate surface area is 218 Å². The predicted octanol–water partition coefficient (Wildman–Crippen LogP) is 10.7. The highest BCUT2D eigenvalue weighted by atomic mass is 19.3. The van der Waals surface area contributed by atoms with Crippen molar-refractivity contribution in [3.8, 4) is 0 Å². The number of hydrogen-bond donors (Lipinski definition) is 0. The highest BCUT2D eigenvalue weighted by Gasteiger charge is 2.35. The second-order valence-corrected chi connectivity index (χ2v) is 11.7. The fraction of sp³-hybridized carbons (Fsp3) is 0.636. The molecule has 198 valence electrons. The van der Waals surface area contributed by atoms with Gasteiger partial charge in [-0.2, -0.15) is 8.78 Å². The fourth-order valence-corrected chi connectivity index (χ4v) is 6.41. The second kappa shape index (κ2) is 12.7. The van der Waals surface area contributed by atoms with Crippen molar-refractivity contribution >= 4 is 0 Å². The van der Waals surface area contributed by atoms with Gasteiger partial charge in [0.05, 0.1) is 11.7 Å². The van der Waals surface area contributed by atoms with Gasteiger partial charge in [-0.05, 0) is 85.8 Å². The summed E-state index contributed by atoms with van der Waals surface area (Å²) in [5, 5.41) is 0. The van der Waals surface area contributed by atoms with Crippen LogP contribution in [0.3, 0.4) is 0 Å². The van der Waals surface area contributed by atoms with Crippen LogP contribution in [-0.4, -0.2) is 0 Å². The van der Waals surface area contributed by atoms with Gasteiger partial charge in [0.25, 0.3) is 0 Å². The van der Waals surface area contributed by atoms with Crippen LogP contribution >= 0.6 is 0 Å². The first kappa shape index (κ1) is 27.3. The highest BCUT2D eigenvalue weighted by molar-refractivity contribution is 5.29. The summed E-state index contributed by atoms with van der Waals surface area (Å²) >= 11 is 0. The molecule has 0 heterocycles. The minimum absolute atomic E-state index is 0.0562. The maximum absolute atomic E-state index is 15.0. The smallest absolute Gasteiger partial charge is 0.309 e. The molecule has 0 aliphatic heterocycles. The van der Waals surface area contributed by atoms with Gasteiger partial charge in [0.1, 0.15) is 0 Å². The average Bonchev–Trinajstić information content (AvgIpc) is 2.90. The van der Waals surface area contributed by atoms with E-state index < -0.39 is 12.2 Å². The Morgan fingerprint density at radius 1 is 0.778 bits per heavy atom. The molecule has 4 rings (SSSR count). The van der Waals surface area contributed by atoms with E-state index in [2.05, 4.69) is 26.0 Å². The van der Waals surface area contributed by atoms with Crippen LogP contribution in [0, 0.1) is 11.8 Å². The molecule has 36 heavy (non-hydrogen) atoms. The summed E-state index contributed by atoms with van der Waals surface area (Å²) in [4.78, 5) is 0. The molecule has 1 unspecified atom stereocenters. The molecule has 0 aromatic heterocycles. The molecule has 2 aromatic rings. The molecule has 0 radical (unpaired) electrons. The van der Waals surface area contributed by atoms with Crippen LogP contribution in [0.15, 0.2) is 48.5 Å². The molecule has 2 fully saturated rings. The molecule has 1 atom stereocenters. The topological polar surface area (TPSA) is 9.23 Å². The van der Waals surface area contributed by atoms with Crippen molar-refractivity contribution in [2.45, 2.75) is 122 Å². The van der Waals surface area contributed by atoms with Crippen molar-refractivity contribution in [1.29, 1.82) is 0 Å². The zero-order chi connectivity index (χ0) is 25.5. The Morgan fingerprint density at radius 2 is 1.31 bits per heavy atom. The lowest BCUT2D eigenvalue weighted by molar-refractivity contribution is -0.272. The van der Waals surface area contributed by atoms with Crippen molar-refractivity contribution in [2.24, 2.45) is 11.8 Å². The first-order valence-electron chi connectivity index (χ1n) is 14.6. The van der Waals surface area contributed by atoms with Gasteiger partial charge in [-0.3, -0.25) is 0 Å². The van der Waals surface area contributed by atoms with Gasteiger partial charge in [0.2, 0.25) is 0 Å². The molecule has 2 aliphatic carbocycles. The average molecular weight is 497 g/mol. The minimum atomic E-state index is -3.31. The van der Waals surface area contributed by atoms with Crippen LogP contribution in [0.4, 0.5) is 8.78 Å². The lowest BCUT2D eigenvalue weighted by Crippen LogP contribution is -2.20. The molecule has 1 nitrogen and oxygen atoms in total. The predicted molar refractivity (Wildman–Crippen MR) is 145 cm³/mol. The lowest BCUT2D eigenvalue weighted by Gasteiger charge is -2.29. The highest BCUT2D eigenvalue weighted by Crippen LogP contribution is 2.40. The maximum Gasteiger partial charge on any atom is 0.383 e. The van der Waals surface area contributed by atoms with Crippen molar-refractivity contribution in [1.82, 2.24) is 0 Å². The van der Waals surface area contributed by atoms with E-state index in [-0.39, 0.29) is 5.56 Å². The number of hydrogen-bond acceptors (Lipinski definition) is 1. The van der Waals surface area contributed by atoms with Crippen molar-refractivity contribution in [3.63, 3.8) is 0 Å². The largest absolute Gasteiger partial charge is 0.383 e. The molecular weight excluding hydrogens is 450 g/mol. The monoisotopic (exact) mass is 496 g/mol. The summed E-state index contributed by atoms with van der Waals surface area (Å²) in [5.74, 6) is 2.77. The molecule has 2 aromatic carbocycles. The number of halogens is 2. The van der Waals surface area contributed by atoms with Crippen molar-refractivity contribution in [2.75, 3.05) is 0 Å². The number of ether oxygens (including phenoxy) is 1. The number of benzene rings is 2. The Bertz CT molecular complexity index is 904. The molecule has 0 N–H and O–H groups in total. The van der Waals surface area contributed by atoms with E-state index in [1.54, 1.807) is 19.1 Å². The maximum atomic E-state index is 15.0. The van der Waals surface area contributed by atoms with E-state index in [0.29, 0.717) is 11.8 Å². The van der Waals surface area contributed by atoms with Crippen LogP contribution in [0.2, 0.25) is 0 Å². The molecule has 0 spiro atoms. The zero-order valence-corrected chi connectivity index (χ0v) is 22.7. The van der Waals surface area contributed by atoms with E-state index in [1.807, 2.05) is 24.3 Å². The molecule has 3 heteroatoms. The van der Waals surface area contributed by atoms with Crippen LogP contribution in [0.5, 0.6) is 0 Å².